The van der Waals surface area contributed by atoms with Crippen molar-refractivity contribution in [2.75, 3.05) is 36.0 Å². The van der Waals surface area contributed by atoms with Crippen LogP contribution in [0.25, 0.3) is 0 Å². The van der Waals surface area contributed by atoms with Crippen LogP contribution in [0.2, 0.25) is 0 Å². The number of anilines is 2. The van der Waals surface area contributed by atoms with Gasteiger partial charge in [-0.2, -0.15) is 0 Å². The van der Waals surface area contributed by atoms with Gasteiger partial charge in [-0.05, 0) is 79.1 Å². The first kappa shape index (κ1) is 25.7. The molecule has 0 bridgehead atoms. The summed E-state index contributed by atoms with van der Waals surface area (Å²) in [6.45, 7) is 6.87. The number of hydrogen-bond acceptors (Lipinski definition) is 6. The van der Waals surface area contributed by atoms with Crippen molar-refractivity contribution in [3.8, 4) is 0 Å². The lowest BCUT2D eigenvalue weighted by Gasteiger charge is -2.31. The van der Waals surface area contributed by atoms with Gasteiger partial charge in [-0.15, -0.1) is 0 Å². The van der Waals surface area contributed by atoms with Gasteiger partial charge in [0.1, 0.15) is 6.29 Å². The molecule has 2 aromatic rings. The normalized spacial score (nSPS) is 14.9. The number of benzene rings is 2. The number of piperidine rings is 1. The summed E-state index contributed by atoms with van der Waals surface area (Å²) < 4.78 is 4.37. The molecule has 1 fully saturated rings. The quantitative estimate of drug-likeness (QED) is 0.301. The van der Waals surface area contributed by atoms with Crippen LogP contribution in [0.5, 0.6) is 0 Å². The van der Waals surface area contributed by atoms with Gasteiger partial charge in [0.2, 0.25) is 0 Å². The van der Waals surface area contributed by atoms with Crippen LogP contribution in [0.15, 0.2) is 47.4 Å². The number of amides is 1. The molecule has 0 unspecified atom stereocenters. The van der Waals surface area contributed by atoms with Gasteiger partial charge in [-0.3, -0.25) is 9.59 Å². The third-order valence-corrected chi connectivity index (χ3v) is 7.94. The van der Waals surface area contributed by atoms with Crippen molar-refractivity contribution < 1.29 is 9.59 Å². The van der Waals surface area contributed by atoms with E-state index in [2.05, 4.69) is 35.6 Å². The van der Waals surface area contributed by atoms with Crippen LogP contribution in [0.4, 0.5) is 11.4 Å². The molecule has 1 N–H and O–H groups in total. The minimum Gasteiger partial charge on any atom is -0.322 e. The zero-order chi connectivity index (χ0) is 23.8. The Morgan fingerprint density at radius 2 is 1.88 bits per heavy atom. The van der Waals surface area contributed by atoms with Gasteiger partial charge < -0.3 is 9.62 Å². The van der Waals surface area contributed by atoms with Crippen molar-refractivity contribution in [3.05, 3.63) is 53.6 Å². The monoisotopic (exact) mass is 485 g/mol. The van der Waals surface area contributed by atoms with Crippen molar-refractivity contribution in [1.82, 2.24) is 4.31 Å². The Bertz CT molecular complexity index is 926. The van der Waals surface area contributed by atoms with E-state index in [0.29, 0.717) is 11.1 Å². The molecule has 178 valence electrons. The first-order valence-corrected chi connectivity index (χ1v) is 13.6. The van der Waals surface area contributed by atoms with Crippen LogP contribution < -0.4 is 9.62 Å². The molecule has 1 aliphatic heterocycles. The number of rotatable bonds is 10. The van der Waals surface area contributed by atoms with Crippen LogP contribution >= 0.6 is 23.9 Å². The van der Waals surface area contributed by atoms with Crippen molar-refractivity contribution in [2.45, 2.75) is 44.4 Å². The summed E-state index contributed by atoms with van der Waals surface area (Å²) in [6, 6.07) is 13.2. The van der Waals surface area contributed by atoms with E-state index in [4.69, 9.17) is 0 Å². The molecular formula is C26H35N3O2S2. The van der Waals surface area contributed by atoms with Crippen LogP contribution in [0.1, 0.15) is 60.2 Å². The number of nitrogens with zero attached hydrogens (tertiary/aromatic N) is 2. The van der Waals surface area contributed by atoms with E-state index < -0.39 is 0 Å². The van der Waals surface area contributed by atoms with Gasteiger partial charge in [0.05, 0.1) is 11.3 Å². The zero-order valence-electron chi connectivity index (χ0n) is 20.0. The van der Waals surface area contributed by atoms with E-state index in [1.807, 2.05) is 29.7 Å². The summed E-state index contributed by atoms with van der Waals surface area (Å²) in [4.78, 5) is 25.4. The molecule has 0 radical (unpaired) electrons. The zero-order valence-corrected chi connectivity index (χ0v) is 21.7. The van der Waals surface area contributed by atoms with E-state index >= 15 is 0 Å². The van der Waals surface area contributed by atoms with Gasteiger partial charge >= 0.3 is 0 Å². The molecule has 0 aromatic heterocycles. The second-order valence-electron chi connectivity index (χ2n) is 8.99. The van der Waals surface area contributed by atoms with Gasteiger partial charge in [0.25, 0.3) is 5.91 Å². The fraction of sp³-hybridized carbons (Fsp3) is 0.462. The Balaban J connectivity index is 1.57. The second-order valence-corrected chi connectivity index (χ2v) is 11.1. The molecule has 0 spiro atoms. The van der Waals surface area contributed by atoms with Gasteiger partial charge in [-0.25, -0.2) is 4.31 Å². The van der Waals surface area contributed by atoms with Crippen molar-refractivity contribution in [3.63, 3.8) is 0 Å². The lowest BCUT2D eigenvalue weighted by Crippen LogP contribution is -2.28. The average molecular weight is 486 g/mol. The molecule has 1 saturated heterocycles. The van der Waals surface area contributed by atoms with Gasteiger partial charge in [-0.1, -0.05) is 38.6 Å². The van der Waals surface area contributed by atoms with Crippen LogP contribution in [-0.4, -0.2) is 42.9 Å². The summed E-state index contributed by atoms with van der Waals surface area (Å²) in [7, 11) is 1.90. The summed E-state index contributed by atoms with van der Waals surface area (Å²) in [5.41, 5.74) is 2.48. The molecule has 1 aliphatic rings. The fourth-order valence-electron chi connectivity index (χ4n) is 3.99. The molecule has 1 amide bonds. The van der Waals surface area contributed by atoms with Crippen LogP contribution in [-0.2, 0) is 0 Å². The Hall–Kier alpha value is -1.96. The van der Waals surface area contributed by atoms with Gasteiger partial charge in [0.15, 0.2) is 0 Å². The summed E-state index contributed by atoms with van der Waals surface area (Å²) in [5, 5.41) is 2.97. The molecule has 33 heavy (non-hydrogen) atoms. The minimum atomic E-state index is -0.224. The standard InChI is InChI=1S/C26H35N3O2S2/c1-19(2)5-6-20-13-15-29(16-14-20)33-23-10-8-22(9-11-23)27-26(31)24-17-21(18-30)7-12-25(24)28(3)32-4/h7-12,17-20H,5-6,13-16H2,1-4H3,(H,27,31). The fourth-order valence-corrected chi connectivity index (χ4v) is 5.29. The summed E-state index contributed by atoms with van der Waals surface area (Å²) in [5.74, 6) is 1.44. The molecule has 5 nitrogen and oxygen atoms in total. The number of hydrogen-bond donors (Lipinski definition) is 1. The third-order valence-electron chi connectivity index (χ3n) is 6.09. The summed E-state index contributed by atoms with van der Waals surface area (Å²) in [6.07, 6.45) is 7.95. The Morgan fingerprint density at radius 3 is 2.48 bits per heavy atom. The molecule has 0 saturated carbocycles. The molecule has 7 heteroatoms. The maximum atomic E-state index is 13.0. The van der Waals surface area contributed by atoms with Crippen molar-refractivity contribution in [2.24, 2.45) is 11.8 Å². The SMILES string of the molecule is CSN(C)c1ccc(C=O)cc1C(=O)Nc1ccc(SN2CCC(CCC(C)C)CC2)cc1. The highest BCUT2D eigenvalue weighted by molar-refractivity contribution is 7.99. The first-order valence-electron chi connectivity index (χ1n) is 11.6. The van der Waals surface area contributed by atoms with Crippen LogP contribution in [0, 0.1) is 11.8 Å². The van der Waals surface area contributed by atoms with Crippen LogP contribution in [0.3, 0.4) is 0 Å². The topological polar surface area (TPSA) is 52.7 Å². The van der Waals surface area contributed by atoms with Gasteiger partial charge in [0, 0.05) is 42.5 Å². The predicted octanol–water partition coefficient (Wildman–Crippen LogP) is 6.62. The highest BCUT2D eigenvalue weighted by atomic mass is 32.2. The van der Waals surface area contributed by atoms with E-state index in [9.17, 15) is 9.59 Å². The highest BCUT2D eigenvalue weighted by Crippen LogP contribution is 2.31. The van der Waals surface area contributed by atoms with E-state index in [-0.39, 0.29) is 5.91 Å². The van der Waals surface area contributed by atoms with Crippen molar-refractivity contribution >= 4 is 47.5 Å². The third kappa shape index (κ3) is 7.52. The molecule has 1 heterocycles. The second kappa shape index (κ2) is 12.5. The van der Waals surface area contributed by atoms with E-state index in [1.165, 1.54) is 42.5 Å². The molecule has 0 atom stereocenters. The Kier molecular flexibility index (Phi) is 9.71. The maximum Gasteiger partial charge on any atom is 0.257 e. The average Bonchev–Trinajstić information content (AvgIpc) is 2.83. The maximum absolute atomic E-state index is 13.0. The predicted molar refractivity (Wildman–Crippen MR) is 142 cm³/mol. The molecule has 3 rings (SSSR count). The Morgan fingerprint density at radius 1 is 1.18 bits per heavy atom. The largest absolute Gasteiger partial charge is 0.322 e. The number of carbonyl (C=O) groups excluding carboxylic acids is 2. The highest BCUT2D eigenvalue weighted by Gasteiger charge is 2.20. The molecule has 0 aliphatic carbocycles. The summed E-state index contributed by atoms with van der Waals surface area (Å²) >= 11 is 3.31. The van der Waals surface area contributed by atoms with E-state index in [1.54, 1.807) is 30.1 Å². The number of aldehydes is 1. The van der Waals surface area contributed by atoms with Crippen molar-refractivity contribution in [1.29, 1.82) is 0 Å². The smallest absolute Gasteiger partial charge is 0.257 e. The number of carbonyl (C=O) groups is 2. The molecule has 2 aromatic carbocycles. The lowest BCUT2D eigenvalue weighted by molar-refractivity contribution is 0.102. The molecular weight excluding hydrogens is 450 g/mol. The Labute approximate surface area is 207 Å². The lowest BCUT2D eigenvalue weighted by atomic mass is 9.90. The number of nitrogens with one attached hydrogen (secondary N) is 1. The first-order chi connectivity index (χ1) is 15.9. The minimum absolute atomic E-state index is 0.224. The van der Waals surface area contributed by atoms with E-state index in [0.717, 1.165) is 42.6 Å².